The summed E-state index contributed by atoms with van der Waals surface area (Å²) < 4.78 is 34.9. The van der Waals surface area contributed by atoms with Crippen molar-refractivity contribution in [3.05, 3.63) is 34.2 Å². The third-order valence-electron chi connectivity index (χ3n) is 5.19. The molecule has 0 saturated carbocycles. The largest absolute Gasteiger partial charge is 0.375 e. The van der Waals surface area contributed by atoms with Crippen LogP contribution in [0.25, 0.3) is 11.0 Å². The van der Waals surface area contributed by atoms with E-state index in [9.17, 15) is 23.2 Å². The normalized spacial score (nSPS) is 17.5. The van der Waals surface area contributed by atoms with Crippen LogP contribution in [0.2, 0.25) is 0 Å². The average molecular weight is 424 g/mol. The average Bonchev–Trinajstić information content (AvgIpc) is 2.93. The zero-order valence-electron chi connectivity index (χ0n) is 17.0. The third-order valence-corrected chi connectivity index (χ3v) is 5.19. The molecule has 8 nitrogen and oxygen atoms in total. The van der Waals surface area contributed by atoms with Crippen molar-refractivity contribution in [1.82, 2.24) is 19.8 Å². The standard InChI is InChI=1S/C20H26F2N4O4/c1-23-11-20(21,22)12-30-10-4-6-13-5-3-7-14-17(13)25(2)19(29)26(14)15-8-9-16(27)24-18(15)28/h3,5,7,15,23H,4,6,8-12H2,1-2H3,(H,24,27,28). The molecule has 10 heteroatoms. The van der Waals surface area contributed by atoms with Gasteiger partial charge >= 0.3 is 5.69 Å². The molecule has 1 aromatic carbocycles. The summed E-state index contributed by atoms with van der Waals surface area (Å²) in [5, 5.41) is 4.71. The highest BCUT2D eigenvalue weighted by atomic mass is 19.3. The minimum Gasteiger partial charge on any atom is -0.375 e. The fourth-order valence-electron chi connectivity index (χ4n) is 3.85. The molecular weight excluding hydrogens is 398 g/mol. The molecule has 3 rings (SSSR count). The van der Waals surface area contributed by atoms with Crippen molar-refractivity contribution >= 4 is 22.8 Å². The minimum absolute atomic E-state index is 0.164. The maximum absolute atomic E-state index is 13.4. The number of hydrogen-bond donors (Lipinski definition) is 2. The van der Waals surface area contributed by atoms with E-state index in [4.69, 9.17) is 4.74 Å². The Labute approximate surface area is 172 Å². The number of alkyl halides is 2. The van der Waals surface area contributed by atoms with Gasteiger partial charge < -0.3 is 10.1 Å². The van der Waals surface area contributed by atoms with E-state index in [0.717, 1.165) is 5.56 Å². The van der Waals surface area contributed by atoms with Crippen molar-refractivity contribution in [2.45, 2.75) is 37.6 Å². The predicted octanol–water partition coefficient (Wildman–Crippen LogP) is 1.12. The van der Waals surface area contributed by atoms with Crippen LogP contribution in [0.15, 0.2) is 23.0 Å². The number of hydrogen-bond acceptors (Lipinski definition) is 5. The molecule has 1 unspecified atom stereocenters. The van der Waals surface area contributed by atoms with Gasteiger partial charge in [0.25, 0.3) is 5.92 Å². The summed E-state index contributed by atoms with van der Waals surface area (Å²) in [6.07, 6.45) is 1.48. The Morgan fingerprint density at radius 2 is 2.07 bits per heavy atom. The van der Waals surface area contributed by atoms with Crippen LogP contribution in [-0.2, 0) is 27.8 Å². The fourth-order valence-corrected chi connectivity index (χ4v) is 3.85. The van der Waals surface area contributed by atoms with Crippen LogP contribution < -0.4 is 16.3 Å². The molecule has 2 heterocycles. The molecule has 1 aliphatic rings. The Bertz CT molecular complexity index is 999. The number of piperidine rings is 1. The number of aromatic nitrogens is 2. The number of imide groups is 1. The molecule has 2 N–H and O–H groups in total. The maximum atomic E-state index is 13.4. The summed E-state index contributed by atoms with van der Waals surface area (Å²) in [6, 6.07) is 4.68. The minimum atomic E-state index is -2.92. The first kappa shape index (κ1) is 22.1. The molecule has 0 radical (unpaired) electrons. The molecule has 30 heavy (non-hydrogen) atoms. The SMILES string of the molecule is CNCC(F)(F)COCCCc1cccc2c1n(C)c(=O)n2C1CCC(=O)NC1=O. The zero-order valence-corrected chi connectivity index (χ0v) is 17.0. The number of rotatable bonds is 9. The molecule has 164 valence electrons. The number of para-hydroxylation sites is 1. The first-order chi connectivity index (χ1) is 14.2. The summed E-state index contributed by atoms with van der Waals surface area (Å²) >= 11 is 0. The van der Waals surface area contributed by atoms with Gasteiger partial charge in [-0.3, -0.25) is 24.0 Å². The Morgan fingerprint density at radius 3 is 2.77 bits per heavy atom. The number of carbonyl (C=O) groups excluding carboxylic acids is 2. The predicted molar refractivity (Wildman–Crippen MR) is 107 cm³/mol. The molecule has 0 aliphatic carbocycles. The van der Waals surface area contributed by atoms with Gasteiger partial charge in [-0.1, -0.05) is 12.1 Å². The second kappa shape index (κ2) is 9.05. The molecule has 2 aromatic rings. The van der Waals surface area contributed by atoms with Gasteiger partial charge in [0.05, 0.1) is 17.6 Å². The molecule has 0 bridgehead atoms. The Morgan fingerprint density at radius 1 is 1.30 bits per heavy atom. The van der Waals surface area contributed by atoms with Crippen LogP contribution >= 0.6 is 0 Å². The number of benzene rings is 1. The summed E-state index contributed by atoms with van der Waals surface area (Å²) in [6.45, 7) is -0.928. The molecule has 0 spiro atoms. The highest BCUT2D eigenvalue weighted by Crippen LogP contribution is 2.25. The second-order valence-electron chi connectivity index (χ2n) is 7.51. The molecule has 1 atom stereocenters. The molecule has 2 amide bonds. The lowest BCUT2D eigenvalue weighted by molar-refractivity contribution is -0.135. The van der Waals surface area contributed by atoms with Crippen LogP contribution in [0.4, 0.5) is 8.78 Å². The lowest BCUT2D eigenvalue weighted by Gasteiger charge is -2.22. The molecule has 1 aromatic heterocycles. The van der Waals surface area contributed by atoms with E-state index >= 15 is 0 Å². The highest BCUT2D eigenvalue weighted by molar-refractivity contribution is 6.00. The van der Waals surface area contributed by atoms with E-state index in [1.807, 2.05) is 6.07 Å². The van der Waals surface area contributed by atoms with Crippen molar-refractivity contribution in [3.8, 4) is 0 Å². The van der Waals surface area contributed by atoms with Crippen LogP contribution in [0.3, 0.4) is 0 Å². The Kier molecular flexibility index (Phi) is 6.67. The van der Waals surface area contributed by atoms with Gasteiger partial charge in [0, 0.05) is 20.1 Å². The van der Waals surface area contributed by atoms with E-state index in [-0.39, 0.29) is 31.0 Å². The molecule has 1 fully saturated rings. The van der Waals surface area contributed by atoms with E-state index in [1.165, 1.54) is 16.2 Å². The summed E-state index contributed by atoms with van der Waals surface area (Å²) in [4.78, 5) is 36.6. The Balaban J connectivity index is 1.76. The maximum Gasteiger partial charge on any atom is 0.329 e. The van der Waals surface area contributed by atoms with Gasteiger partial charge in [-0.05, 0) is 37.9 Å². The number of nitrogens with zero attached hydrogens (tertiary/aromatic N) is 2. The molecular formula is C20H26F2N4O4. The topological polar surface area (TPSA) is 94.4 Å². The zero-order chi connectivity index (χ0) is 21.9. The molecule has 1 aliphatic heterocycles. The van der Waals surface area contributed by atoms with Gasteiger partial charge in [-0.15, -0.1) is 0 Å². The number of nitrogens with one attached hydrogen (secondary N) is 2. The van der Waals surface area contributed by atoms with E-state index < -0.39 is 31.0 Å². The smallest absolute Gasteiger partial charge is 0.329 e. The number of fused-ring (bicyclic) bond motifs is 1. The van der Waals surface area contributed by atoms with Crippen molar-refractivity contribution in [2.75, 3.05) is 26.8 Å². The number of aryl methyl sites for hydroxylation is 2. The highest BCUT2D eigenvalue weighted by Gasteiger charge is 2.31. The molecule has 1 saturated heterocycles. The van der Waals surface area contributed by atoms with Crippen LogP contribution in [-0.4, -0.2) is 53.7 Å². The monoisotopic (exact) mass is 424 g/mol. The lowest BCUT2D eigenvalue weighted by Crippen LogP contribution is -2.44. The van der Waals surface area contributed by atoms with Gasteiger partial charge in [-0.25, -0.2) is 13.6 Å². The number of halogens is 2. The lowest BCUT2D eigenvalue weighted by atomic mass is 10.0. The quantitative estimate of drug-likeness (QED) is 0.465. The van der Waals surface area contributed by atoms with Crippen LogP contribution in [0.1, 0.15) is 30.9 Å². The van der Waals surface area contributed by atoms with E-state index in [2.05, 4.69) is 10.6 Å². The van der Waals surface area contributed by atoms with Crippen molar-refractivity contribution < 1.29 is 23.1 Å². The van der Waals surface area contributed by atoms with Crippen molar-refractivity contribution in [1.29, 1.82) is 0 Å². The van der Waals surface area contributed by atoms with E-state index in [1.54, 1.807) is 19.2 Å². The third kappa shape index (κ3) is 4.59. The number of carbonyl (C=O) groups is 2. The summed E-state index contributed by atoms with van der Waals surface area (Å²) in [5.74, 6) is -3.75. The number of amides is 2. The van der Waals surface area contributed by atoms with E-state index in [0.29, 0.717) is 23.9 Å². The van der Waals surface area contributed by atoms with Gasteiger partial charge in [0.15, 0.2) is 0 Å². The number of ether oxygens (including phenoxy) is 1. The Hall–Kier alpha value is -2.59. The van der Waals surface area contributed by atoms with Crippen molar-refractivity contribution in [2.24, 2.45) is 7.05 Å². The first-order valence-electron chi connectivity index (χ1n) is 9.88. The van der Waals surface area contributed by atoms with Gasteiger partial charge in [-0.2, -0.15) is 0 Å². The van der Waals surface area contributed by atoms with Gasteiger partial charge in [0.1, 0.15) is 12.6 Å². The summed E-state index contributed by atoms with van der Waals surface area (Å²) in [7, 11) is 3.09. The second-order valence-corrected chi connectivity index (χ2v) is 7.51. The van der Waals surface area contributed by atoms with Gasteiger partial charge in [0.2, 0.25) is 11.8 Å². The summed E-state index contributed by atoms with van der Waals surface area (Å²) in [5.41, 5.74) is 1.82. The van der Waals surface area contributed by atoms with Crippen LogP contribution in [0.5, 0.6) is 0 Å². The first-order valence-corrected chi connectivity index (χ1v) is 9.88. The van der Waals surface area contributed by atoms with Crippen LogP contribution in [0, 0.1) is 0 Å². The number of imidazole rings is 1. The fraction of sp³-hybridized carbons (Fsp3) is 0.550. The van der Waals surface area contributed by atoms with Crippen molar-refractivity contribution in [3.63, 3.8) is 0 Å².